The Kier molecular flexibility index (Phi) is 2.37. The summed E-state index contributed by atoms with van der Waals surface area (Å²) in [4.78, 5) is 0. The summed E-state index contributed by atoms with van der Waals surface area (Å²) in [6.07, 6.45) is 2.35. The first kappa shape index (κ1) is 9.79. The van der Waals surface area contributed by atoms with Crippen molar-refractivity contribution in [2.45, 2.75) is 18.9 Å². The van der Waals surface area contributed by atoms with Crippen molar-refractivity contribution in [2.24, 2.45) is 0 Å². The van der Waals surface area contributed by atoms with E-state index in [1.54, 1.807) is 6.07 Å². The van der Waals surface area contributed by atoms with Crippen LogP contribution in [0.5, 0.6) is 0 Å². The normalized spacial score (nSPS) is 20.4. The molecule has 3 rings (SSSR count). The van der Waals surface area contributed by atoms with Crippen LogP contribution < -0.4 is 5.32 Å². The highest BCUT2D eigenvalue weighted by Gasteiger charge is 2.18. The number of benzene rings is 2. The summed E-state index contributed by atoms with van der Waals surface area (Å²) < 4.78 is 13.6. The first-order valence-electron chi connectivity index (χ1n) is 5.77. The molecule has 0 unspecified atom stereocenters. The van der Waals surface area contributed by atoms with Gasteiger partial charge in [-0.05, 0) is 36.4 Å². The summed E-state index contributed by atoms with van der Waals surface area (Å²) >= 11 is 0. The second kappa shape index (κ2) is 3.87. The smallest absolute Gasteiger partial charge is 0.131 e. The predicted molar refractivity (Wildman–Crippen MR) is 63.9 cm³/mol. The molecule has 0 spiro atoms. The highest BCUT2D eigenvalue weighted by Crippen LogP contribution is 2.30. The molecule has 0 saturated carbocycles. The number of fused-ring (bicyclic) bond motifs is 1. The van der Waals surface area contributed by atoms with Crippen LogP contribution in [0.1, 0.15) is 24.4 Å². The Bertz CT molecular complexity index is 515. The summed E-state index contributed by atoms with van der Waals surface area (Å²) in [7, 11) is 0. The Morgan fingerprint density at radius 1 is 1.06 bits per heavy atom. The summed E-state index contributed by atoms with van der Waals surface area (Å²) in [5, 5.41) is 5.24. The van der Waals surface area contributed by atoms with Crippen molar-refractivity contribution < 1.29 is 4.39 Å². The quantitative estimate of drug-likeness (QED) is 0.768. The Labute approximate surface area is 94.3 Å². The zero-order valence-electron chi connectivity index (χ0n) is 9.04. The van der Waals surface area contributed by atoms with E-state index in [1.807, 2.05) is 30.3 Å². The van der Waals surface area contributed by atoms with Crippen molar-refractivity contribution in [3.63, 3.8) is 0 Å². The summed E-state index contributed by atoms with van der Waals surface area (Å²) in [5.41, 5.74) is 1.23. The average molecular weight is 215 g/mol. The molecule has 0 radical (unpaired) electrons. The van der Waals surface area contributed by atoms with Crippen LogP contribution in [-0.2, 0) is 0 Å². The predicted octanol–water partition coefficient (Wildman–Crippen LogP) is 3.40. The average Bonchev–Trinajstić information content (AvgIpc) is 2.83. The molecule has 1 fully saturated rings. The second-order valence-electron chi connectivity index (χ2n) is 4.33. The minimum absolute atomic E-state index is 0.127. The van der Waals surface area contributed by atoms with Gasteiger partial charge in [0, 0.05) is 11.4 Å². The summed E-state index contributed by atoms with van der Waals surface area (Å²) in [6, 6.07) is 11.6. The van der Waals surface area contributed by atoms with E-state index < -0.39 is 0 Å². The van der Waals surface area contributed by atoms with Gasteiger partial charge in [0.25, 0.3) is 0 Å². The van der Waals surface area contributed by atoms with E-state index in [-0.39, 0.29) is 5.82 Å². The number of nitrogens with one attached hydrogen (secondary N) is 1. The van der Waals surface area contributed by atoms with Gasteiger partial charge in [-0.2, -0.15) is 0 Å². The van der Waals surface area contributed by atoms with Crippen LogP contribution >= 0.6 is 0 Å². The largest absolute Gasteiger partial charge is 0.310 e. The molecule has 2 aromatic carbocycles. The van der Waals surface area contributed by atoms with Crippen molar-refractivity contribution in [1.82, 2.24) is 5.32 Å². The van der Waals surface area contributed by atoms with E-state index in [4.69, 9.17) is 0 Å². The van der Waals surface area contributed by atoms with Crippen molar-refractivity contribution in [2.75, 3.05) is 6.54 Å². The Balaban J connectivity index is 2.21. The molecule has 0 bridgehead atoms. The molecule has 1 aliphatic heterocycles. The molecule has 82 valence electrons. The number of rotatable bonds is 1. The van der Waals surface area contributed by atoms with Crippen molar-refractivity contribution >= 4 is 10.8 Å². The molecule has 2 heteroatoms. The van der Waals surface area contributed by atoms with Gasteiger partial charge in [-0.1, -0.05) is 30.3 Å². The molecule has 1 nitrogen and oxygen atoms in total. The maximum atomic E-state index is 13.6. The number of hydrogen-bond donors (Lipinski definition) is 1. The van der Waals surface area contributed by atoms with Crippen molar-refractivity contribution in [3.8, 4) is 0 Å². The van der Waals surface area contributed by atoms with Gasteiger partial charge in [0.05, 0.1) is 0 Å². The second-order valence-corrected chi connectivity index (χ2v) is 4.33. The number of halogens is 1. The van der Waals surface area contributed by atoms with Crippen molar-refractivity contribution in [3.05, 3.63) is 47.8 Å². The molecular weight excluding hydrogens is 201 g/mol. The topological polar surface area (TPSA) is 12.0 Å². The third kappa shape index (κ3) is 1.50. The minimum Gasteiger partial charge on any atom is -0.310 e. The highest BCUT2D eigenvalue weighted by molar-refractivity contribution is 5.86. The van der Waals surface area contributed by atoms with Crippen LogP contribution in [-0.4, -0.2) is 6.54 Å². The van der Waals surface area contributed by atoms with Gasteiger partial charge in [-0.25, -0.2) is 4.39 Å². The van der Waals surface area contributed by atoms with E-state index in [1.165, 1.54) is 12.0 Å². The Morgan fingerprint density at radius 3 is 2.62 bits per heavy atom. The lowest BCUT2D eigenvalue weighted by Gasteiger charge is -2.14. The summed E-state index contributed by atoms with van der Waals surface area (Å²) in [6.45, 7) is 1.07. The van der Waals surface area contributed by atoms with E-state index in [2.05, 4.69) is 5.32 Å². The minimum atomic E-state index is -0.127. The molecule has 0 aromatic heterocycles. The van der Waals surface area contributed by atoms with Crippen LogP contribution in [0.25, 0.3) is 10.8 Å². The van der Waals surface area contributed by atoms with Crippen LogP contribution in [0.15, 0.2) is 36.4 Å². The van der Waals surface area contributed by atoms with E-state index in [0.29, 0.717) is 6.04 Å². The fourth-order valence-electron chi connectivity index (χ4n) is 2.54. The van der Waals surface area contributed by atoms with Gasteiger partial charge in [-0.15, -0.1) is 0 Å². The standard InChI is InChI=1S/C14H14FN/c15-13-8-7-12(14-6-3-9-16-14)10-4-1-2-5-11(10)13/h1-2,4-5,7-8,14,16H,3,6,9H2/t14-/m0/s1. The third-order valence-corrected chi connectivity index (χ3v) is 3.34. The maximum Gasteiger partial charge on any atom is 0.131 e. The first-order chi connectivity index (χ1) is 7.86. The SMILES string of the molecule is Fc1ccc([C@@H]2CCCN2)c2ccccc12. The lowest BCUT2D eigenvalue weighted by molar-refractivity contribution is 0.631. The molecule has 2 aromatic rings. The fraction of sp³-hybridized carbons (Fsp3) is 0.286. The fourth-order valence-corrected chi connectivity index (χ4v) is 2.54. The molecule has 1 aliphatic rings. The highest BCUT2D eigenvalue weighted by atomic mass is 19.1. The van der Waals surface area contributed by atoms with Crippen molar-refractivity contribution in [1.29, 1.82) is 0 Å². The molecule has 1 atom stereocenters. The van der Waals surface area contributed by atoms with Gasteiger partial charge in [-0.3, -0.25) is 0 Å². The Hall–Kier alpha value is -1.41. The molecule has 0 amide bonds. The maximum absolute atomic E-state index is 13.6. The van der Waals surface area contributed by atoms with E-state index in [0.717, 1.165) is 23.7 Å². The molecule has 0 aliphatic carbocycles. The van der Waals surface area contributed by atoms with Crippen LogP contribution in [0, 0.1) is 5.82 Å². The van der Waals surface area contributed by atoms with Crippen LogP contribution in [0.3, 0.4) is 0 Å². The zero-order chi connectivity index (χ0) is 11.0. The molecule has 1 heterocycles. The van der Waals surface area contributed by atoms with Gasteiger partial charge in [0.1, 0.15) is 5.82 Å². The number of hydrogen-bond acceptors (Lipinski definition) is 1. The van der Waals surface area contributed by atoms with Crippen LogP contribution in [0.4, 0.5) is 4.39 Å². The lowest BCUT2D eigenvalue weighted by atomic mass is 9.97. The van der Waals surface area contributed by atoms with E-state index >= 15 is 0 Å². The van der Waals surface area contributed by atoms with Crippen LogP contribution in [0.2, 0.25) is 0 Å². The Morgan fingerprint density at radius 2 is 1.88 bits per heavy atom. The molecular formula is C14H14FN. The van der Waals surface area contributed by atoms with E-state index in [9.17, 15) is 4.39 Å². The lowest BCUT2D eigenvalue weighted by Crippen LogP contribution is -2.13. The van der Waals surface area contributed by atoms with Gasteiger partial charge in [0.15, 0.2) is 0 Å². The molecule has 1 saturated heterocycles. The monoisotopic (exact) mass is 215 g/mol. The van der Waals surface area contributed by atoms with Gasteiger partial charge in [0.2, 0.25) is 0 Å². The van der Waals surface area contributed by atoms with Gasteiger partial charge >= 0.3 is 0 Å². The third-order valence-electron chi connectivity index (χ3n) is 3.34. The first-order valence-corrected chi connectivity index (χ1v) is 5.77. The summed E-state index contributed by atoms with van der Waals surface area (Å²) in [5.74, 6) is -0.127. The van der Waals surface area contributed by atoms with Gasteiger partial charge < -0.3 is 5.32 Å². The zero-order valence-corrected chi connectivity index (χ0v) is 9.04. The molecule has 1 N–H and O–H groups in total. The molecule has 16 heavy (non-hydrogen) atoms.